The summed E-state index contributed by atoms with van der Waals surface area (Å²) in [5, 5.41) is 4.92. The third-order valence-electron chi connectivity index (χ3n) is 9.69. The fraction of sp³-hybridized carbons (Fsp3) is 0.500. The summed E-state index contributed by atoms with van der Waals surface area (Å²) < 4.78 is 28.6. The molecular weight excluding hydrogens is 733 g/mol. The quantitative estimate of drug-likeness (QED) is 0.0563. The molecule has 3 aromatic carbocycles. The molecule has 0 radical (unpaired) electrons. The molecule has 0 bridgehead atoms. The molecule has 0 unspecified atom stereocenters. The lowest BCUT2D eigenvalue weighted by atomic mass is 9.88. The SMILES string of the molecule is CC(=O)C[C@H](CC(=O)CNC(=O)CCCCc1cc(C)ccn1)c1ccc(-c2cc(OCCOCCOCCOCCOCCC(C)(C)C)cc3ccccc23)cc1. The molecular formula is C48H64N2O8. The van der Waals surface area contributed by atoms with Gasteiger partial charge in [0.25, 0.3) is 0 Å². The van der Waals surface area contributed by atoms with E-state index >= 15 is 0 Å². The Bertz CT molecular complexity index is 1850. The second-order valence-electron chi connectivity index (χ2n) is 16.1. The molecule has 10 nitrogen and oxygen atoms in total. The minimum Gasteiger partial charge on any atom is -0.491 e. The zero-order valence-electron chi connectivity index (χ0n) is 35.3. The number of nitrogens with one attached hydrogen (secondary N) is 1. The fourth-order valence-electron chi connectivity index (χ4n) is 6.51. The number of fused-ring (bicyclic) bond motifs is 1. The number of rotatable bonds is 28. The standard InChI is InChI=1S/C48H64N2O8/c1-36-18-20-49-42(30-36)11-7-9-13-47(53)50-35-43(52)32-41(31-37(2)51)38-14-16-39(17-15-38)46-34-44(33-40-10-6-8-12-45(40)46)58-29-28-57-27-26-56-25-24-55-23-22-54-21-19-48(3,4)5/h6,8,10,12,14-18,20,30,33-34,41H,7,9,11,13,19,21-29,31-32,35H2,1-5H3,(H,50,53)/t41-/m1/s1. The summed E-state index contributed by atoms with van der Waals surface area (Å²) >= 11 is 0. The maximum Gasteiger partial charge on any atom is 0.220 e. The summed E-state index contributed by atoms with van der Waals surface area (Å²) in [6, 6.07) is 24.3. The monoisotopic (exact) mass is 796 g/mol. The van der Waals surface area contributed by atoms with E-state index in [0.29, 0.717) is 59.3 Å². The smallest absolute Gasteiger partial charge is 0.220 e. The van der Waals surface area contributed by atoms with Crippen molar-refractivity contribution in [3.8, 4) is 16.9 Å². The van der Waals surface area contributed by atoms with E-state index in [1.54, 1.807) is 13.1 Å². The molecule has 0 aliphatic heterocycles. The molecule has 1 atom stereocenters. The Morgan fingerprint density at radius 1 is 0.741 bits per heavy atom. The summed E-state index contributed by atoms with van der Waals surface area (Å²) in [5.41, 5.74) is 5.39. The zero-order valence-corrected chi connectivity index (χ0v) is 35.3. The molecule has 1 amide bonds. The molecule has 58 heavy (non-hydrogen) atoms. The van der Waals surface area contributed by atoms with Crippen LogP contribution in [0.1, 0.15) is 89.0 Å². The van der Waals surface area contributed by atoms with E-state index in [4.69, 9.17) is 23.7 Å². The van der Waals surface area contributed by atoms with Crippen LogP contribution in [-0.2, 0) is 39.8 Å². The molecule has 314 valence electrons. The number of ether oxygens (including phenoxy) is 5. The van der Waals surface area contributed by atoms with Gasteiger partial charge in [0.05, 0.1) is 52.8 Å². The third kappa shape index (κ3) is 18.0. The Morgan fingerprint density at radius 3 is 2.05 bits per heavy atom. The first kappa shape index (κ1) is 46.2. The van der Waals surface area contributed by atoms with Gasteiger partial charge in [0, 0.05) is 37.8 Å². The average Bonchev–Trinajstić information content (AvgIpc) is 3.19. The highest BCUT2D eigenvalue weighted by Gasteiger charge is 2.19. The molecule has 1 heterocycles. The van der Waals surface area contributed by atoms with E-state index in [2.05, 4.69) is 49.3 Å². The topological polar surface area (TPSA) is 122 Å². The van der Waals surface area contributed by atoms with Gasteiger partial charge in [0.2, 0.25) is 5.91 Å². The van der Waals surface area contributed by atoms with Crippen LogP contribution in [0, 0.1) is 12.3 Å². The van der Waals surface area contributed by atoms with Crippen molar-refractivity contribution in [2.45, 2.75) is 85.5 Å². The number of Topliss-reactive ketones (excluding diaryl/α,β-unsaturated/α-hetero) is 2. The first-order valence-electron chi connectivity index (χ1n) is 20.7. The number of hydrogen-bond donors (Lipinski definition) is 1. The summed E-state index contributed by atoms with van der Waals surface area (Å²) in [7, 11) is 0. The van der Waals surface area contributed by atoms with Gasteiger partial charge in [-0.2, -0.15) is 0 Å². The fourth-order valence-corrected chi connectivity index (χ4v) is 6.51. The van der Waals surface area contributed by atoms with Crippen LogP contribution in [-0.4, -0.2) is 88.5 Å². The highest BCUT2D eigenvalue weighted by molar-refractivity contribution is 5.98. The van der Waals surface area contributed by atoms with Crippen molar-refractivity contribution in [2.24, 2.45) is 5.41 Å². The van der Waals surface area contributed by atoms with Crippen molar-refractivity contribution in [3.63, 3.8) is 0 Å². The van der Waals surface area contributed by atoms with Crippen LogP contribution in [0.25, 0.3) is 21.9 Å². The van der Waals surface area contributed by atoms with Crippen LogP contribution < -0.4 is 10.1 Å². The maximum absolute atomic E-state index is 13.0. The number of carbonyl (C=O) groups is 3. The van der Waals surface area contributed by atoms with Crippen molar-refractivity contribution in [2.75, 3.05) is 66.0 Å². The number of unbranched alkanes of at least 4 members (excludes halogenated alkanes) is 1. The van der Waals surface area contributed by atoms with Crippen molar-refractivity contribution < 1.29 is 38.1 Å². The van der Waals surface area contributed by atoms with Crippen LogP contribution >= 0.6 is 0 Å². The summed E-state index contributed by atoms with van der Waals surface area (Å²) in [6.07, 6.45) is 5.98. The number of aromatic nitrogens is 1. The first-order valence-corrected chi connectivity index (χ1v) is 20.7. The second-order valence-corrected chi connectivity index (χ2v) is 16.1. The number of nitrogens with zero attached hydrogens (tertiary/aromatic N) is 1. The molecule has 4 rings (SSSR count). The van der Waals surface area contributed by atoms with Gasteiger partial charge in [-0.3, -0.25) is 14.6 Å². The number of ketones is 2. The van der Waals surface area contributed by atoms with Gasteiger partial charge in [-0.1, -0.05) is 69.3 Å². The van der Waals surface area contributed by atoms with Crippen LogP contribution in [0.3, 0.4) is 0 Å². The Labute approximate surface area is 345 Å². The van der Waals surface area contributed by atoms with Gasteiger partial charge < -0.3 is 33.8 Å². The van der Waals surface area contributed by atoms with Crippen molar-refractivity contribution in [1.82, 2.24) is 10.3 Å². The predicted molar refractivity (Wildman–Crippen MR) is 229 cm³/mol. The number of pyridine rings is 1. The molecule has 1 aromatic heterocycles. The Hall–Kier alpha value is -4.48. The molecule has 0 spiro atoms. The van der Waals surface area contributed by atoms with Crippen LogP contribution in [0.15, 0.2) is 79.0 Å². The third-order valence-corrected chi connectivity index (χ3v) is 9.69. The lowest BCUT2D eigenvalue weighted by Crippen LogP contribution is -2.30. The van der Waals surface area contributed by atoms with E-state index in [-0.39, 0.29) is 48.2 Å². The van der Waals surface area contributed by atoms with Gasteiger partial charge in [-0.15, -0.1) is 0 Å². The molecule has 0 saturated carbocycles. The molecule has 4 aromatic rings. The van der Waals surface area contributed by atoms with Gasteiger partial charge in [0.1, 0.15) is 18.1 Å². The highest BCUT2D eigenvalue weighted by Crippen LogP contribution is 2.35. The number of hydrogen-bond acceptors (Lipinski definition) is 9. The number of carbonyl (C=O) groups excluding carboxylic acids is 3. The molecule has 10 heteroatoms. The van der Waals surface area contributed by atoms with Crippen molar-refractivity contribution in [1.29, 1.82) is 0 Å². The normalized spacial score (nSPS) is 12.1. The van der Waals surface area contributed by atoms with Gasteiger partial charge in [-0.05, 0) is 108 Å². The van der Waals surface area contributed by atoms with E-state index in [1.807, 2.05) is 61.5 Å². The van der Waals surface area contributed by atoms with Gasteiger partial charge in [0.15, 0.2) is 5.78 Å². The predicted octanol–water partition coefficient (Wildman–Crippen LogP) is 8.64. The van der Waals surface area contributed by atoms with Crippen molar-refractivity contribution in [3.05, 3.63) is 95.8 Å². The average molecular weight is 797 g/mol. The van der Waals surface area contributed by atoms with Crippen LogP contribution in [0.4, 0.5) is 0 Å². The van der Waals surface area contributed by atoms with Crippen molar-refractivity contribution >= 4 is 28.2 Å². The molecule has 1 N–H and O–H groups in total. The van der Waals surface area contributed by atoms with Gasteiger partial charge in [-0.25, -0.2) is 0 Å². The molecule has 0 aliphatic carbocycles. The van der Waals surface area contributed by atoms with E-state index < -0.39 is 0 Å². The zero-order chi connectivity index (χ0) is 41.6. The largest absolute Gasteiger partial charge is 0.491 e. The molecule has 0 fully saturated rings. The van der Waals surface area contributed by atoms with E-state index in [9.17, 15) is 14.4 Å². The number of aryl methyl sites for hydroxylation is 2. The summed E-state index contributed by atoms with van der Waals surface area (Å²) in [5.74, 6) is 0.220. The highest BCUT2D eigenvalue weighted by atomic mass is 16.6. The number of benzene rings is 3. The first-order chi connectivity index (χ1) is 28.0. The maximum atomic E-state index is 13.0. The minimum atomic E-state index is -0.281. The van der Waals surface area contributed by atoms with Crippen LogP contribution in [0.5, 0.6) is 5.75 Å². The Balaban J connectivity index is 1.20. The van der Waals surface area contributed by atoms with E-state index in [1.165, 1.54) is 5.56 Å². The summed E-state index contributed by atoms with van der Waals surface area (Å²) in [6.45, 7) is 14.8. The Kier molecular flexibility index (Phi) is 20.0. The number of amides is 1. The lowest BCUT2D eigenvalue weighted by molar-refractivity contribution is -0.125. The van der Waals surface area contributed by atoms with Gasteiger partial charge >= 0.3 is 0 Å². The molecule has 0 saturated heterocycles. The molecule has 0 aliphatic rings. The Morgan fingerprint density at radius 2 is 1.40 bits per heavy atom. The summed E-state index contributed by atoms with van der Waals surface area (Å²) in [4.78, 5) is 42.1. The second kappa shape index (κ2) is 25.1. The lowest BCUT2D eigenvalue weighted by Gasteiger charge is -2.17. The van der Waals surface area contributed by atoms with Crippen LogP contribution in [0.2, 0.25) is 0 Å². The van der Waals surface area contributed by atoms with E-state index in [0.717, 1.165) is 71.2 Å². The minimum absolute atomic E-state index is 0.00934.